The monoisotopic (exact) mass is 440 g/mol. The van der Waals surface area contributed by atoms with Gasteiger partial charge in [0.1, 0.15) is 18.1 Å². The number of methoxy groups -OCH3 is 1. The number of benzene rings is 1. The van der Waals surface area contributed by atoms with Gasteiger partial charge in [0, 0.05) is 34.5 Å². The summed E-state index contributed by atoms with van der Waals surface area (Å²) in [6, 6.07) is 9.95. The van der Waals surface area contributed by atoms with Crippen LogP contribution in [0.4, 0.5) is 0 Å². The number of aliphatic imine (C=N–C) groups is 1. The molecule has 166 valence electrons. The Morgan fingerprint density at radius 2 is 1.91 bits per heavy atom. The molecule has 0 amide bonds. The lowest BCUT2D eigenvalue weighted by Gasteiger charge is -2.33. The van der Waals surface area contributed by atoms with Crippen LogP contribution in [0.3, 0.4) is 0 Å². The fourth-order valence-corrected chi connectivity index (χ4v) is 3.92. The maximum atomic E-state index is 6.17. The lowest BCUT2D eigenvalue weighted by molar-refractivity contribution is 0.262. The van der Waals surface area contributed by atoms with Crippen LogP contribution in [-0.4, -0.2) is 29.7 Å². The highest BCUT2D eigenvalue weighted by atomic mass is 16.5. The second-order valence-corrected chi connectivity index (χ2v) is 9.10. The van der Waals surface area contributed by atoms with E-state index >= 15 is 0 Å². The Morgan fingerprint density at radius 1 is 1.06 bits per heavy atom. The van der Waals surface area contributed by atoms with Crippen LogP contribution >= 0.6 is 0 Å². The van der Waals surface area contributed by atoms with Crippen LogP contribution in [-0.2, 0) is 10.3 Å². The zero-order valence-corrected chi connectivity index (χ0v) is 19.0. The Labute approximate surface area is 192 Å². The first-order valence-corrected chi connectivity index (χ1v) is 10.6. The van der Waals surface area contributed by atoms with Crippen molar-refractivity contribution in [3.8, 4) is 40.3 Å². The van der Waals surface area contributed by atoms with E-state index in [4.69, 9.17) is 24.9 Å². The van der Waals surface area contributed by atoms with Gasteiger partial charge in [0.25, 0.3) is 6.02 Å². The minimum absolute atomic E-state index is 0.130. The lowest BCUT2D eigenvalue weighted by Crippen LogP contribution is -2.31. The van der Waals surface area contributed by atoms with Gasteiger partial charge in [0.05, 0.1) is 18.9 Å². The van der Waals surface area contributed by atoms with Crippen molar-refractivity contribution < 1.29 is 14.2 Å². The van der Waals surface area contributed by atoms with Gasteiger partial charge in [-0.2, -0.15) is 0 Å². The summed E-state index contributed by atoms with van der Waals surface area (Å²) >= 11 is 0. The summed E-state index contributed by atoms with van der Waals surface area (Å²) in [7, 11) is 1.62. The van der Waals surface area contributed by atoms with Crippen molar-refractivity contribution in [3.63, 3.8) is 0 Å². The van der Waals surface area contributed by atoms with Gasteiger partial charge in [-0.25, -0.2) is 9.98 Å². The number of nitrogens with two attached hydrogens (primary N) is 1. The first-order valence-electron chi connectivity index (χ1n) is 10.6. The first kappa shape index (κ1) is 20.8. The van der Waals surface area contributed by atoms with Crippen molar-refractivity contribution in [1.29, 1.82) is 0 Å². The van der Waals surface area contributed by atoms with E-state index in [-0.39, 0.29) is 18.0 Å². The maximum Gasteiger partial charge on any atom is 0.283 e. The normalized spacial score (nSPS) is 18.2. The average molecular weight is 441 g/mol. The van der Waals surface area contributed by atoms with E-state index in [2.05, 4.69) is 42.6 Å². The molecule has 0 fully saturated rings. The molecule has 2 aliphatic heterocycles. The molecule has 2 N–H and O–H groups in total. The van der Waals surface area contributed by atoms with E-state index in [9.17, 15) is 0 Å². The molecule has 0 unspecified atom stereocenters. The fraction of sp³-hybridized carbons (Fsp3) is 0.269. The third-order valence-corrected chi connectivity index (χ3v) is 5.52. The lowest BCUT2D eigenvalue weighted by atomic mass is 9.81. The van der Waals surface area contributed by atoms with Gasteiger partial charge < -0.3 is 19.9 Å². The van der Waals surface area contributed by atoms with Gasteiger partial charge in [0.15, 0.2) is 5.54 Å². The van der Waals surface area contributed by atoms with Gasteiger partial charge in [0.2, 0.25) is 5.88 Å². The molecule has 0 radical (unpaired) electrons. The van der Waals surface area contributed by atoms with Gasteiger partial charge in [-0.15, -0.1) is 0 Å². The summed E-state index contributed by atoms with van der Waals surface area (Å²) in [5, 5.41) is 0. The van der Waals surface area contributed by atoms with E-state index < -0.39 is 5.54 Å². The van der Waals surface area contributed by atoms with E-state index in [1.807, 2.05) is 30.3 Å². The number of ether oxygens (including phenoxy) is 3. The van der Waals surface area contributed by atoms with E-state index in [1.54, 1.807) is 25.7 Å². The van der Waals surface area contributed by atoms with Crippen molar-refractivity contribution in [1.82, 2.24) is 9.97 Å². The number of aromatic nitrogens is 2. The summed E-state index contributed by atoms with van der Waals surface area (Å²) in [6.07, 6.45) is 5.18. The van der Waals surface area contributed by atoms with Crippen LogP contribution in [0.1, 0.15) is 37.5 Å². The molecular weight excluding hydrogens is 416 g/mol. The van der Waals surface area contributed by atoms with Crippen LogP contribution < -0.4 is 15.2 Å². The molecule has 0 saturated carbocycles. The molecule has 2 aliphatic rings. The number of pyridine rings is 2. The topological polar surface area (TPSA) is 91.9 Å². The molecule has 0 bridgehead atoms. The van der Waals surface area contributed by atoms with Gasteiger partial charge in [-0.1, -0.05) is 17.9 Å². The minimum Gasteiger partial charge on any atom is -0.495 e. The number of hydrogen-bond acceptors (Lipinski definition) is 7. The van der Waals surface area contributed by atoms with Crippen molar-refractivity contribution in [2.45, 2.75) is 26.3 Å². The highest BCUT2D eigenvalue weighted by Gasteiger charge is 2.47. The van der Waals surface area contributed by atoms with Crippen LogP contribution in [0, 0.1) is 17.3 Å². The average Bonchev–Trinajstić information content (AvgIpc) is 3.19. The molecule has 1 aromatic carbocycles. The molecule has 0 aliphatic carbocycles. The standard InChI is InChI=1S/C26H24N4O3/c1-25(2,3)8-7-16-9-21-23(29-12-16)33-22-6-5-17(18-10-19(31-4)14-28-13-18)11-20(22)26(21)15-32-24(27)30-26/h5-6,9-14H,15H2,1-4H3,(H2,27,30)/t26-/m0/s1. The molecule has 33 heavy (non-hydrogen) atoms. The van der Waals surface area contributed by atoms with Crippen molar-refractivity contribution >= 4 is 6.02 Å². The molecule has 1 atom stereocenters. The fourth-order valence-electron chi connectivity index (χ4n) is 3.92. The zero-order valence-electron chi connectivity index (χ0n) is 19.0. The number of fused-ring (bicyclic) bond motifs is 4. The molecule has 1 spiro atoms. The summed E-state index contributed by atoms with van der Waals surface area (Å²) in [4.78, 5) is 13.6. The first-order chi connectivity index (χ1) is 15.8. The highest BCUT2D eigenvalue weighted by Crippen LogP contribution is 2.51. The summed E-state index contributed by atoms with van der Waals surface area (Å²) < 4.78 is 17.2. The third kappa shape index (κ3) is 3.74. The highest BCUT2D eigenvalue weighted by molar-refractivity contribution is 5.77. The Kier molecular flexibility index (Phi) is 4.75. The Morgan fingerprint density at radius 3 is 2.64 bits per heavy atom. The van der Waals surface area contributed by atoms with Crippen LogP contribution in [0.5, 0.6) is 17.4 Å². The molecule has 7 heteroatoms. The predicted molar refractivity (Wildman–Crippen MR) is 125 cm³/mol. The molecule has 0 saturated heterocycles. The quantitative estimate of drug-likeness (QED) is 0.599. The van der Waals surface area contributed by atoms with Crippen molar-refractivity contribution in [2.75, 3.05) is 13.7 Å². The summed E-state index contributed by atoms with van der Waals surface area (Å²) in [5.74, 6) is 8.28. The molecule has 4 heterocycles. The molecule has 5 rings (SSSR count). The smallest absolute Gasteiger partial charge is 0.283 e. The third-order valence-electron chi connectivity index (χ3n) is 5.52. The Hall–Kier alpha value is -4.05. The number of hydrogen-bond donors (Lipinski definition) is 1. The Bertz CT molecular complexity index is 1350. The van der Waals surface area contributed by atoms with Crippen molar-refractivity contribution in [3.05, 3.63) is 65.6 Å². The van der Waals surface area contributed by atoms with E-state index in [1.165, 1.54) is 0 Å². The predicted octanol–water partition coefficient (Wildman–Crippen LogP) is 4.24. The summed E-state index contributed by atoms with van der Waals surface area (Å²) in [5.41, 5.74) is 9.27. The van der Waals surface area contributed by atoms with Crippen LogP contribution in [0.2, 0.25) is 0 Å². The SMILES string of the molecule is COc1cncc(-c2ccc3c(c2)[C@@]2(COC(N)=N2)c2cc(C#CC(C)(C)C)cnc2O3)c1. The number of rotatable bonds is 2. The number of nitrogens with zero attached hydrogens (tertiary/aromatic N) is 3. The van der Waals surface area contributed by atoms with Crippen LogP contribution in [0.15, 0.2) is 53.9 Å². The van der Waals surface area contributed by atoms with Gasteiger partial charge in [-0.05, 0) is 50.6 Å². The van der Waals surface area contributed by atoms with Gasteiger partial charge in [-0.3, -0.25) is 4.98 Å². The second kappa shape index (κ2) is 7.52. The largest absolute Gasteiger partial charge is 0.495 e. The van der Waals surface area contributed by atoms with Crippen LogP contribution in [0.25, 0.3) is 11.1 Å². The molecular formula is C26H24N4O3. The Balaban J connectivity index is 1.67. The van der Waals surface area contributed by atoms with Gasteiger partial charge >= 0.3 is 0 Å². The second-order valence-electron chi connectivity index (χ2n) is 9.10. The molecule has 7 nitrogen and oxygen atoms in total. The number of amidine groups is 1. The van der Waals surface area contributed by atoms with E-state index in [0.717, 1.165) is 27.8 Å². The zero-order chi connectivity index (χ0) is 23.2. The van der Waals surface area contributed by atoms with E-state index in [0.29, 0.717) is 17.4 Å². The maximum absolute atomic E-state index is 6.17. The van der Waals surface area contributed by atoms with Crippen molar-refractivity contribution in [2.24, 2.45) is 16.1 Å². The molecule has 2 aromatic heterocycles. The minimum atomic E-state index is -0.873. The summed E-state index contributed by atoms with van der Waals surface area (Å²) in [6.45, 7) is 6.45. The molecule has 3 aromatic rings.